The first-order valence-electron chi connectivity index (χ1n) is 4.85. The third-order valence-corrected chi connectivity index (χ3v) is 4.72. The molecule has 0 aliphatic heterocycles. The van der Waals surface area contributed by atoms with Gasteiger partial charge < -0.3 is 4.55 Å². The fourth-order valence-electron chi connectivity index (χ4n) is 1.30. The van der Waals surface area contributed by atoms with E-state index in [4.69, 9.17) is 4.55 Å². The summed E-state index contributed by atoms with van der Waals surface area (Å²) >= 11 is 0. The fraction of sp³-hybridized carbons (Fsp3) is 1.00. The van der Waals surface area contributed by atoms with E-state index in [-0.39, 0.29) is 18.6 Å². The summed E-state index contributed by atoms with van der Waals surface area (Å²) in [4.78, 5) is 0. The molecule has 0 aliphatic rings. The first-order valence-corrected chi connectivity index (χ1v) is 10.1. The molecule has 0 aliphatic carbocycles. The predicted octanol–water partition coefficient (Wildman–Crippen LogP) is -1.14. The average molecular weight is 323 g/mol. The topological polar surface area (TPSA) is 146 Å². The molecule has 8 nitrogen and oxygen atoms in total. The smallest absolute Gasteiger partial charge is 0.265 e. The van der Waals surface area contributed by atoms with E-state index >= 15 is 0 Å². The molecule has 0 saturated heterocycles. The summed E-state index contributed by atoms with van der Waals surface area (Å²) < 4.78 is 83.1. The highest BCUT2D eigenvalue weighted by molar-refractivity contribution is 7.90. The quantitative estimate of drug-likeness (QED) is 0.551. The van der Waals surface area contributed by atoms with Gasteiger partial charge in [-0.2, -0.15) is 8.42 Å². The first-order chi connectivity index (χ1) is 7.79. The van der Waals surface area contributed by atoms with Crippen molar-refractivity contribution in [1.29, 1.82) is 0 Å². The van der Waals surface area contributed by atoms with Crippen molar-refractivity contribution in [1.82, 2.24) is 0 Å². The molecule has 0 aromatic rings. The van der Waals surface area contributed by atoms with Gasteiger partial charge in [-0.05, 0) is 18.8 Å². The van der Waals surface area contributed by atoms with Crippen LogP contribution < -0.4 is 0 Å². The van der Waals surface area contributed by atoms with Gasteiger partial charge in [0.2, 0.25) is 0 Å². The molecule has 1 N–H and O–H groups in total. The minimum atomic E-state index is -4.50. The summed E-state index contributed by atoms with van der Waals surface area (Å²) in [6, 6.07) is 0. The van der Waals surface area contributed by atoms with Crippen LogP contribution in [-0.4, -0.2) is 57.9 Å². The fourth-order valence-corrected chi connectivity index (χ4v) is 3.61. The molecule has 11 heteroatoms. The predicted molar refractivity (Wildman–Crippen MR) is 63.4 cm³/mol. The van der Waals surface area contributed by atoms with Gasteiger partial charge in [0.1, 0.15) is 9.84 Å². The molecule has 0 heterocycles. The maximum Gasteiger partial charge on any atom is 0.265 e. The highest BCUT2D eigenvalue weighted by atomic mass is 32.2. The van der Waals surface area contributed by atoms with Crippen molar-refractivity contribution >= 4 is 30.1 Å². The van der Waals surface area contributed by atoms with E-state index in [0.717, 1.165) is 6.26 Å². The van der Waals surface area contributed by atoms with E-state index in [1.54, 1.807) is 0 Å². The third kappa shape index (κ3) is 12.2. The summed E-state index contributed by atoms with van der Waals surface area (Å²) in [5, 5.41) is 0. The molecule has 0 bridgehead atoms. The lowest BCUT2D eigenvalue weighted by Gasteiger charge is -2.16. The van der Waals surface area contributed by atoms with Gasteiger partial charge >= 0.3 is 0 Å². The zero-order valence-corrected chi connectivity index (χ0v) is 12.1. The van der Waals surface area contributed by atoms with Crippen LogP contribution in [-0.2, 0) is 30.1 Å². The van der Waals surface area contributed by atoms with Crippen LogP contribution in [0.3, 0.4) is 0 Å². The molecular weight excluding hydrogens is 308 g/mol. The van der Waals surface area contributed by atoms with Crippen LogP contribution in [0.1, 0.15) is 12.8 Å². The normalized spacial score (nSPS) is 15.5. The van der Waals surface area contributed by atoms with Crippen LogP contribution in [0, 0.1) is 5.92 Å². The molecule has 18 heavy (non-hydrogen) atoms. The molecule has 1 atom stereocenters. The van der Waals surface area contributed by atoms with E-state index in [2.05, 4.69) is 0 Å². The Hall–Kier alpha value is -0.230. The van der Waals surface area contributed by atoms with Gasteiger partial charge in [0.25, 0.3) is 10.1 Å². The van der Waals surface area contributed by atoms with Crippen LogP contribution in [0.25, 0.3) is 0 Å². The zero-order valence-electron chi connectivity index (χ0n) is 9.64. The Balaban J connectivity index is 4.63. The Morgan fingerprint density at radius 3 is 1.78 bits per heavy atom. The second-order valence-corrected chi connectivity index (χ2v) is 9.36. The zero-order chi connectivity index (χ0) is 14.6. The monoisotopic (exact) mass is 323 g/mol. The molecule has 0 aromatic carbocycles. The number of rotatable bonds is 8. The summed E-state index contributed by atoms with van der Waals surface area (Å²) in [6.07, 6.45) is 0.511. The minimum Gasteiger partial charge on any atom is -0.748 e. The summed E-state index contributed by atoms with van der Waals surface area (Å²) in [7, 11) is -12.2. The molecule has 1 unspecified atom stereocenters. The number of sulfone groups is 1. The van der Waals surface area contributed by atoms with Gasteiger partial charge in [0.15, 0.2) is 0 Å². The molecule has 0 radical (unpaired) electrons. The van der Waals surface area contributed by atoms with E-state index < -0.39 is 47.5 Å². The molecule has 110 valence electrons. The maximum atomic E-state index is 10.9. The second kappa shape index (κ2) is 6.28. The van der Waals surface area contributed by atoms with Gasteiger partial charge in [-0.3, -0.25) is 4.55 Å². The molecule has 0 aromatic heterocycles. The number of hydrogen-bond donors (Lipinski definition) is 1. The van der Waals surface area contributed by atoms with Crippen molar-refractivity contribution in [2.75, 3.05) is 23.5 Å². The Morgan fingerprint density at radius 2 is 1.44 bits per heavy atom. The van der Waals surface area contributed by atoms with Crippen LogP contribution >= 0.6 is 0 Å². The van der Waals surface area contributed by atoms with Gasteiger partial charge in [-0.1, -0.05) is 0 Å². The first kappa shape index (κ1) is 17.8. The maximum absolute atomic E-state index is 10.9. The Morgan fingerprint density at radius 1 is 1.00 bits per heavy atom. The van der Waals surface area contributed by atoms with E-state index in [1.807, 2.05) is 0 Å². The summed E-state index contributed by atoms with van der Waals surface area (Å²) in [5.41, 5.74) is 0. The van der Waals surface area contributed by atoms with Crippen LogP contribution in [0.15, 0.2) is 0 Å². The third-order valence-electron chi connectivity index (χ3n) is 2.12. The van der Waals surface area contributed by atoms with Crippen LogP contribution in [0.4, 0.5) is 0 Å². The summed E-state index contributed by atoms with van der Waals surface area (Å²) in [5.74, 6) is -2.79. The molecule has 0 amide bonds. The summed E-state index contributed by atoms with van der Waals surface area (Å²) in [6.45, 7) is 0. The molecule has 0 saturated carbocycles. The van der Waals surface area contributed by atoms with E-state index in [1.165, 1.54) is 0 Å². The van der Waals surface area contributed by atoms with Crippen molar-refractivity contribution in [3.63, 3.8) is 0 Å². The van der Waals surface area contributed by atoms with Gasteiger partial charge in [0.05, 0.1) is 21.6 Å². The van der Waals surface area contributed by atoms with Crippen molar-refractivity contribution in [2.24, 2.45) is 5.92 Å². The lowest BCUT2D eigenvalue weighted by Crippen LogP contribution is -2.21. The van der Waals surface area contributed by atoms with E-state index in [0.29, 0.717) is 0 Å². The van der Waals surface area contributed by atoms with E-state index in [9.17, 15) is 29.8 Å². The molecule has 0 rings (SSSR count). The molecule has 0 fully saturated rings. The van der Waals surface area contributed by atoms with Gasteiger partial charge in [-0.25, -0.2) is 16.8 Å². The van der Waals surface area contributed by atoms with Gasteiger partial charge in [-0.15, -0.1) is 0 Å². The van der Waals surface area contributed by atoms with Crippen LogP contribution in [0.5, 0.6) is 0 Å². The largest absolute Gasteiger partial charge is 0.748 e. The Labute approximate surface area is 107 Å². The van der Waals surface area contributed by atoms with Crippen molar-refractivity contribution in [3.8, 4) is 0 Å². The minimum absolute atomic E-state index is 0.131. The average Bonchev–Trinajstić information content (AvgIpc) is 2.05. The van der Waals surface area contributed by atoms with Crippen molar-refractivity contribution in [3.05, 3.63) is 0 Å². The Kier molecular flexibility index (Phi) is 6.20. The SMILES string of the molecule is CS(=O)(=O)CCC(CCS(=O)(=O)[O-])CS(=O)(=O)O. The highest BCUT2D eigenvalue weighted by Crippen LogP contribution is 2.14. The lowest BCUT2D eigenvalue weighted by atomic mass is 10.1. The van der Waals surface area contributed by atoms with Crippen molar-refractivity contribution < 1.29 is 34.4 Å². The Bertz CT molecular complexity index is 520. The standard InChI is InChI=1S/C7H16O8S3/c1-16(8,9)4-2-7(6-18(13,14)15)3-5-17(10,11)12/h7H,2-6H2,1H3,(H,10,11,12)(H,13,14,15)/p-1. The van der Waals surface area contributed by atoms with Crippen molar-refractivity contribution in [2.45, 2.75) is 12.8 Å². The van der Waals surface area contributed by atoms with Gasteiger partial charge in [0, 0.05) is 12.0 Å². The number of hydrogen-bond acceptors (Lipinski definition) is 7. The highest BCUT2D eigenvalue weighted by Gasteiger charge is 2.19. The molecular formula is C7H15O8S3-. The van der Waals surface area contributed by atoms with Crippen LogP contribution in [0.2, 0.25) is 0 Å². The molecule has 0 spiro atoms. The lowest BCUT2D eigenvalue weighted by molar-refractivity contribution is 0.436. The second-order valence-electron chi connectivity index (χ2n) is 4.08.